The molecule has 2 rings (SSSR count). The largest absolute Gasteiger partial charge is 0.151 e. The van der Waals surface area contributed by atoms with Crippen molar-refractivity contribution in [3.8, 4) is 0 Å². The molecule has 0 N–H and O–H groups in total. The fourth-order valence-corrected chi connectivity index (χ4v) is 9.03. The van der Waals surface area contributed by atoms with Gasteiger partial charge in [0.25, 0.3) is 0 Å². The Hall–Kier alpha value is 1.40. The SMILES string of the molecule is C(CCCSCSC1CCCCC1)CCSCSC1CCCCC1. The Morgan fingerprint density at radius 2 is 0.917 bits per heavy atom. The molecular formula is C20H38S4. The second kappa shape index (κ2) is 15.5. The van der Waals surface area contributed by atoms with Crippen LogP contribution in [0.3, 0.4) is 0 Å². The molecule has 2 fully saturated rings. The van der Waals surface area contributed by atoms with Crippen LogP contribution >= 0.6 is 47.0 Å². The summed E-state index contributed by atoms with van der Waals surface area (Å²) in [4.78, 5) is 0. The van der Waals surface area contributed by atoms with Crippen LogP contribution in [0.15, 0.2) is 0 Å². The molecule has 0 aromatic carbocycles. The van der Waals surface area contributed by atoms with Crippen LogP contribution in [0.25, 0.3) is 0 Å². The van der Waals surface area contributed by atoms with Gasteiger partial charge in [-0.15, -0.1) is 23.5 Å². The first-order chi connectivity index (χ1) is 11.9. The lowest BCUT2D eigenvalue weighted by atomic mass is 10.0. The van der Waals surface area contributed by atoms with Crippen LogP contribution < -0.4 is 0 Å². The highest BCUT2D eigenvalue weighted by atomic mass is 32.2. The number of hydrogen-bond acceptors (Lipinski definition) is 4. The van der Waals surface area contributed by atoms with Crippen LogP contribution in [0.5, 0.6) is 0 Å². The third-order valence-electron chi connectivity index (χ3n) is 5.21. The van der Waals surface area contributed by atoms with Gasteiger partial charge in [0.15, 0.2) is 0 Å². The molecule has 0 nitrogen and oxygen atoms in total. The minimum absolute atomic E-state index is 0.995. The fraction of sp³-hybridized carbons (Fsp3) is 1.00. The molecule has 0 saturated heterocycles. The summed E-state index contributed by atoms with van der Waals surface area (Å²) in [5.74, 6) is 2.79. The zero-order valence-corrected chi connectivity index (χ0v) is 18.8. The minimum Gasteiger partial charge on any atom is -0.151 e. The Bertz CT molecular complexity index is 245. The average molecular weight is 407 g/mol. The monoisotopic (exact) mass is 406 g/mol. The summed E-state index contributed by atoms with van der Waals surface area (Å²) in [6.45, 7) is 0. The molecule has 0 aromatic rings. The van der Waals surface area contributed by atoms with E-state index in [-0.39, 0.29) is 0 Å². The zero-order valence-electron chi connectivity index (χ0n) is 15.5. The van der Waals surface area contributed by atoms with Gasteiger partial charge >= 0.3 is 0 Å². The van der Waals surface area contributed by atoms with Gasteiger partial charge in [-0.3, -0.25) is 0 Å². The smallest absolute Gasteiger partial charge is 0.0394 e. The molecule has 4 heteroatoms. The minimum atomic E-state index is 0.995. The van der Waals surface area contributed by atoms with E-state index in [1.54, 1.807) is 0 Å². The molecule has 24 heavy (non-hydrogen) atoms. The molecule has 0 radical (unpaired) electrons. The average Bonchev–Trinajstić information content (AvgIpc) is 2.64. The van der Waals surface area contributed by atoms with Gasteiger partial charge in [-0.2, -0.15) is 23.5 Å². The first-order valence-corrected chi connectivity index (χ1v) is 14.7. The van der Waals surface area contributed by atoms with Crippen LogP contribution in [-0.4, -0.2) is 32.2 Å². The van der Waals surface area contributed by atoms with E-state index in [0.717, 1.165) is 10.5 Å². The van der Waals surface area contributed by atoms with E-state index < -0.39 is 0 Å². The van der Waals surface area contributed by atoms with E-state index in [0.29, 0.717) is 0 Å². The van der Waals surface area contributed by atoms with E-state index in [4.69, 9.17) is 0 Å². The molecule has 0 aromatic heterocycles. The van der Waals surface area contributed by atoms with Gasteiger partial charge in [-0.25, -0.2) is 0 Å². The fourth-order valence-electron chi connectivity index (χ4n) is 3.63. The first kappa shape index (κ1) is 21.7. The molecule has 0 heterocycles. The Kier molecular flexibility index (Phi) is 14.0. The Morgan fingerprint density at radius 1 is 0.500 bits per heavy atom. The second-order valence-corrected chi connectivity index (χ2v) is 12.8. The lowest BCUT2D eigenvalue weighted by Crippen LogP contribution is -2.08. The van der Waals surface area contributed by atoms with Gasteiger partial charge in [0.1, 0.15) is 0 Å². The summed E-state index contributed by atoms with van der Waals surface area (Å²) in [6, 6.07) is 0. The number of hydrogen-bond donors (Lipinski definition) is 0. The van der Waals surface area contributed by atoms with Gasteiger partial charge in [-0.05, 0) is 50.0 Å². The highest BCUT2D eigenvalue weighted by Gasteiger charge is 2.13. The lowest BCUT2D eigenvalue weighted by molar-refractivity contribution is 0.516. The standard InChI is InChI=1S/C20H38S4/c1(9-15-21-17-23-19-11-5-3-6-12-19)2-10-16-22-18-24-20-13-7-4-8-14-20/h19-20H,1-18H2. The number of thioether (sulfide) groups is 4. The van der Waals surface area contributed by atoms with Gasteiger partial charge in [0, 0.05) is 20.7 Å². The molecule has 0 bridgehead atoms. The van der Waals surface area contributed by atoms with Crippen LogP contribution in [-0.2, 0) is 0 Å². The molecule has 0 amide bonds. The normalized spacial score (nSPS) is 20.5. The van der Waals surface area contributed by atoms with Crippen molar-refractivity contribution in [3.63, 3.8) is 0 Å². The zero-order chi connectivity index (χ0) is 16.7. The van der Waals surface area contributed by atoms with Crippen molar-refractivity contribution in [2.24, 2.45) is 0 Å². The van der Waals surface area contributed by atoms with E-state index in [1.165, 1.54) is 112 Å². The molecular weight excluding hydrogens is 368 g/mol. The first-order valence-electron chi connectivity index (χ1n) is 10.3. The predicted molar refractivity (Wildman–Crippen MR) is 122 cm³/mol. The van der Waals surface area contributed by atoms with E-state index in [2.05, 4.69) is 47.0 Å². The number of unbranched alkanes of at least 4 members (excludes halogenated alkanes) is 3. The summed E-state index contributed by atoms with van der Waals surface area (Å²) in [5.41, 5.74) is 0. The van der Waals surface area contributed by atoms with Gasteiger partial charge in [0.2, 0.25) is 0 Å². The Morgan fingerprint density at radius 3 is 1.33 bits per heavy atom. The Balaban J connectivity index is 1.25. The van der Waals surface area contributed by atoms with Crippen molar-refractivity contribution in [2.45, 2.75) is 100 Å². The maximum absolute atomic E-state index is 2.24. The summed E-state index contributed by atoms with van der Waals surface area (Å²) in [5, 5.41) is 4.68. The van der Waals surface area contributed by atoms with E-state index >= 15 is 0 Å². The molecule has 2 aliphatic rings. The molecule has 0 aliphatic heterocycles. The molecule has 2 aliphatic carbocycles. The molecule has 0 unspecified atom stereocenters. The van der Waals surface area contributed by atoms with Crippen molar-refractivity contribution in [2.75, 3.05) is 21.7 Å². The predicted octanol–water partition coefficient (Wildman–Crippen LogP) is 8.06. The Labute approximate surface area is 168 Å². The van der Waals surface area contributed by atoms with Crippen LogP contribution in [0, 0.1) is 0 Å². The highest BCUT2D eigenvalue weighted by molar-refractivity contribution is 8.16. The van der Waals surface area contributed by atoms with Crippen molar-refractivity contribution in [1.29, 1.82) is 0 Å². The van der Waals surface area contributed by atoms with Crippen molar-refractivity contribution < 1.29 is 0 Å². The van der Waals surface area contributed by atoms with E-state index in [9.17, 15) is 0 Å². The summed E-state index contributed by atoms with van der Waals surface area (Å²) >= 11 is 8.87. The van der Waals surface area contributed by atoms with Crippen LogP contribution in [0.2, 0.25) is 0 Å². The molecule has 2 saturated carbocycles. The highest BCUT2D eigenvalue weighted by Crippen LogP contribution is 2.31. The summed E-state index contributed by atoms with van der Waals surface area (Å²) < 4.78 is 0. The van der Waals surface area contributed by atoms with Crippen molar-refractivity contribution >= 4 is 47.0 Å². The third-order valence-corrected chi connectivity index (χ3v) is 10.7. The molecule has 142 valence electrons. The molecule has 0 spiro atoms. The van der Waals surface area contributed by atoms with Gasteiger partial charge in [0.05, 0.1) is 0 Å². The third kappa shape index (κ3) is 11.2. The van der Waals surface area contributed by atoms with Crippen LogP contribution in [0.1, 0.15) is 89.9 Å². The topological polar surface area (TPSA) is 0 Å². The maximum atomic E-state index is 2.24. The van der Waals surface area contributed by atoms with Gasteiger partial charge in [-0.1, -0.05) is 51.4 Å². The van der Waals surface area contributed by atoms with Crippen molar-refractivity contribution in [1.82, 2.24) is 0 Å². The molecule has 0 atom stereocenters. The quantitative estimate of drug-likeness (QED) is 0.224. The second-order valence-electron chi connectivity index (χ2n) is 7.32. The maximum Gasteiger partial charge on any atom is 0.0394 e. The van der Waals surface area contributed by atoms with Crippen LogP contribution in [0.4, 0.5) is 0 Å². The summed E-state index contributed by atoms with van der Waals surface area (Å²) in [7, 11) is 0. The van der Waals surface area contributed by atoms with Crippen molar-refractivity contribution in [3.05, 3.63) is 0 Å². The van der Waals surface area contributed by atoms with E-state index in [1.807, 2.05) is 0 Å². The number of rotatable bonds is 13. The van der Waals surface area contributed by atoms with Gasteiger partial charge < -0.3 is 0 Å². The lowest BCUT2D eigenvalue weighted by Gasteiger charge is -2.20. The summed E-state index contributed by atoms with van der Waals surface area (Å²) in [6.07, 6.45) is 20.7.